The molecule has 0 spiro atoms. The van der Waals surface area contributed by atoms with E-state index < -0.39 is 88.7 Å². The predicted molar refractivity (Wildman–Crippen MR) is 147 cm³/mol. The summed E-state index contributed by atoms with van der Waals surface area (Å²) in [4.78, 5) is 71.4. The number of carbonyl (C=O) groups is 5. The number of carbonyl (C=O) groups excluding carboxylic acids is 5. The maximum absolute atomic E-state index is 14.1. The largest absolute Gasteiger partial charge is 0.507 e. The van der Waals surface area contributed by atoms with Gasteiger partial charge in [0.15, 0.2) is 34.7 Å². The minimum Gasteiger partial charge on any atom is -0.507 e. The molecule has 0 aromatic heterocycles. The molecule has 11 nitrogen and oxygen atoms in total. The third-order valence-corrected chi connectivity index (χ3v) is 9.30. The van der Waals surface area contributed by atoms with E-state index in [1.807, 2.05) is 0 Å². The number of halogens is 3. The number of phenolic OH excluding ortho intramolecular Hbond substituents is 1. The Hall–Kier alpha value is -3.36. The Balaban J connectivity index is 1.82. The van der Waals surface area contributed by atoms with Crippen molar-refractivity contribution < 1.29 is 47.4 Å². The second kappa shape index (κ2) is 11.0. The number of anilines is 1. The van der Waals surface area contributed by atoms with Crippen molar-refractivity contribution in [3.05, 3.63) is 22.8 Å². The van der Waals surface area contributed by atoms with E-state index in [1.54, 1.807) is 25.1 Å². The van der Waals surface area contributed by atoms with Gasteiger partial charge in [-0.2, -0.15) is 13.2 Å². The lowest BCUT2D eigenvalue weighted by Gasteiger charge is -2.52. The number of benzene rings is 1. The van der Waals surface area contributed by atoms with E-state index in [4.69, 9.17) is 5.73 Å². The first-order valence-electron chi connectivity index (χ1n) is 13.9. The van der Waals surface area contributed by atoms with Crippen molar-refractivity contribution in [2.75, 3.05) is 40.1 Å². The number of primary amides is 1. The molecule has 4 N–H and O–H groups in total. The quantitative estimate of drug-likeness (QED) is 0.375. The van der Waals surface area contributed by atoms with Crippen LogP contribution in [0.1, 0.15) is 41.3 Å². The molecule has 0 aliphatic heterocycles. The second-order valence-electron chi connectivity index (χ2n) is 12.5. The number of alkyl halides is 3. The van der Waals surface area contributed by atoms with Crippen LogP contribution in [0, 0.1) is 23.7 Å². The van der Waals surface area contributed by atoms with E-state index in [0.717, 1.165) is 0 Å². The van der Waals surface area contributed by atoms with Gasteiger partial charge in [-0.25, -0.2) is 0 Å². The van der Waals surface area contributed by atoms with Gasteiger partial charge >= 0.3 is 6.18 Å². The lowest BCUT2D eigenvalue weighted by molar-refractivity contribution is -0.181. The van der Waals surface area contributed by atoms with E-state index in [1.165, 1.54) is 37.9 Å². The van der Waals surface area contributed by atoms with Gasteiger partial charge in [0.25, 0.3) is 0 Å². The first-order valence-corrected chi connectivity index (χ1v) is 13.9. The van der Waals surface area contributed by atoms with Crippen molar-refractivity contribution in [2.24, 2.45) is 29.4 Å². The van der Waals surface area contributed by atoms with Gasteiger partial charge in [-0.15, -0.1) is 0 Å². The molecule has 14 heteroatoms. The maximum atomic E-state index is 14.1. The van der Waals surface area contributed by atoms with Crippen molar-refractivity contribution >= 4 is 34.7 Å². The van der Waals surface area contributed by atoms with Crippen LogP contribution in [0.25, 0.3) is 0 Å². The fourth-order valence-corrected chi connectivity index (χ4v) is 7.14. The summed E-state index contributed by atoms with van der Waals surface area (Å²) in [5.41, 5.74) is 3.37. The fraction of sp³-hybridized carbons (Fsp3) is 0.621. The standard InChI is InChI=1S/C29H37F3N4O7/c1-12(10-28(30,31)32)36(6)11-14-9-17(34(2)3)15-7-13-8-16-21(35(4)5)24(39)20(27(33)42)26(41)29(16,43)25(40)18(13)23(38)19(15)22(14)37/h9,12-13,16,18,20-21,37,43H,7-8,10-11H2,1-6H3,(H2,33,42)/t12?,13-,16-,18?,20?,21-,29-/m1/s1. The zero-order valence-electron chi connectivity index (χ0n) is 24.9. The molecule has 0 saturated heterocycles. The van der Waals surface area contributed by atoms with Gasteiger partial charge in [0.1, 0.15) is 5.75 Å². The molecular weight excluding hydrogens is 573 g/mol. The van der Waals surface area contributed by atoms with E-state index in [0.29, 0.717) is 11.3 Å². The Labute approximate surface area is 246 Å². The first-order chi connectivity index (χ1) is 19.7. The molecule has 1 aromatic carbocycles. The number of aliphatic hydroxyl groups is 1. The van der Waals surface area contributed by atoms with Gasteiger partial charge in [-0.05, 0) is 58.5 Å². The number of fused-ring (bicyclic) bond motifs is 3. The molecule has 3 aliphatic carbocycles. The summed E-state index contributed by atoms with van der Waals surface area (Å²) >= 11 is 0. The summed E-state index contributed by atoms with van der Waals surface area (Å²) in [6.07, 6.45) is -5.51. The molecule has 3 aliphatic rings. The van der Waals surface area contributed by atoms with Crippen molar-refractivity contribution in [1.29, 1.82) is 0 Å². The van der Waals surface area contributed by atoms with Crippen LogP contribution in [0.2, 0.25) is 0 Å². The number of aromatic hydroxyl groups is 1. The number of Topliss-reactive ketones (excluding diaryl/α,β-unsaturated/α-hetero) is 4. The van der Waals surface area contributed by atoms with Crippen molar-refractivity contribution in [1.82, 2.24) is 9.80 Å². The van der Waals surface area contributed by atoms with Gasteiger partial charge in [0.05, 0.1) is 23.9 Å². The normalized spacial score (nSPS) is 29.8. The summed E-state index contributed by atoms with van der Waals surface area (Å²) in [5.74, 6) is -11.6. The summed E-state index contributed by atoms with van der Waals surface area (Å²) in [6.45, 7) is 1.24. The highest BCUT2D eigenvalue weighted by Gasteiger charge is 2.69. The van der Waals surface area contributed by atoms with Crippen LogP contribution in [0.4, 0.5) is 18.9 Å². The average molecular weight is 611 g/mol. The number of hydrogen-bond donors (Lipinski definition) is 3. The first kappa shape index (κ1) is 32.6. The number of rotatable bonds is 7. The maximum Gasteiger partial charge on any atom is 0.390 e. The third kappa shape index (κ3) is 5.22. The number of phenols is 1. The molecule has 7 atom stereocenters. The average Bonchev–Trinajstić information content (AvgIpc) is 2.86. The third-order valence-electron chi connectivity index (χ3n) is 9.30. The molecule has 1 aromatic rings. The molecule has 236 valence electrons. The van der Waals surface area contributed by atoms with Crippen molar-refractivity contribution in [2.45, 2.75) is 56.6 Å². The molecule has 3 unspecified atom stereocenters. The molecule has 43 heavy (non-hydrogen) atoms. The number of hydrogen-bond acceptors (Lipinski definition) is 10. The Morgan fingerprint density at radius 3 is 2.23 bits per heavy atom. The van der Waals surface area contributed by atoms with Crippen molar-refractivity contribution in [3.63, 3.8) is 0 Å². The number of amides is 1. The number of ketones is 4. The minimum absolute atomic E-state index is 0.0769. The zero-order valence-corrected chi connectivity index (χ0v) is 24.9. The molecule has 0 bridgehead atoms. The van der Waals surface area contributed by atoms with Crippen LogP contribution in [-0.2, 0) is 32.1 Å². The lowest BCUT2D eigenvalue weighted by atomic mass is 9.52. The van der Waals surface area contributed by atoms with Crippen LogP contribution < -0.4 is 10.6 Å². The highest BCUT2D eigenvalue weighted by atomic mass is 19.4. The molecule has 0 radical (unpaired) electrons. The van der Waals surface area contributed by atoms with Gasteiger partial charge < -0.3 is 20.8 Å². The van der Waals surface area contributed by atoms with Gasteiger partial charge in [-0.3, -0.25) is 33.8 Å². The molecular formula is C29H37F3N4O7. The summed E-state index contributed by atoms with van der Waals surface area (Å²) in [6, 6.07) is -0.569. The van der Waals surface area contributed by atoms with Gasteiger partial charge in [-0.1, -0.05) is 0 Å². The van der Waals surface area contributed by atoms with E-state index in [2.05, 4.69) is 0 Å². The smallest absolute Gasteiger partial charge is 0.390 e. The van der Waals surface area contributed by atoms with Crippen molar-refractivity contribution in [3.8, 4) is 5.75 Å². The van der Waals surface area contributed by atoms with Crippen LogP contribution >= 0.6 is 0 Å². The number of nitrogens with two attached hydrogens (primary N) is 1. The molecule has 1 amide bonds. The Kier molecular flexibility index (Phi) is 8.31. The van der Waals surface area contributed by atoms with Gasteiger partial charge in [0, 0.05) is 43.9 Å². The summed E-state index contributed by atoms with van der Waals surface area (Å²) in [7, 11) is 7.85. The van der Waals surface area contributed by atoms with Crippen LogP contribution in [-0.4, -0.2) is 108 Å². The summed E-state index contributed by atoms with van der Waals surface area (Å²) < 4.78 is 39.0. The monoisotopic (exact) mass is 610 g/mol. The molecule has 4 rings (SSSR count). The second-order valence-corrected chi connectivity index (χ2v) is 12.5. The topological polar surface area (TPSA) is 162 Å². The minimum atomic E-state index is -4.41. The summed E-state index contributed by atoms with van der Waals surface area (Å²) in [5, 5.41) is 23.0. The van der Waals surface area contributed by atoms with Crippen LogP contribution in [0.15, 0.2) is 6.07 Å². The highest BCUT2D eigenvalue weighted by molar-refractivity contribution is 6.32. The van der Waals surface area contributed by atoms with E-state index in [-0.39, 0.29) is 30.5 Å². The predicted octanol–water partition coefficient (Wildman–Crippen LogP) is 0.706. The Bertz CT molecular complexity index is 1390. The lowest BCUT2D eigenvalue weighted by Crippen LogP contribution is -2.74. The number of likely N-dealkylation sites (N-methyl/N-ethyl adjacent to an activating group) is 1. The zero-order chi connectivity index (χ0) is 32.5. The molecule has 0 heterocycles. The van der Waals surface area contributed by atoms with Gasteiger partial charge in [0.2, 0.25) is 5.91 Å². The van der Waals surface area contributed by atoms with E-state index in [9.17, 15) is 47.4 Å². The SMILES string of the molecule is CC(CC(F)(F)F)N(C)Cc1cc(N(C)C)c2c(c1O)C(=O)C1C(=O)[C@@]3(O)C(=O)C(C(N)=O)C(=O)[C@H](N(C)C)[C@H]3C[C@H]1C2. The van der Waals surface area contributed by atoms with Crippen LogP contribution in [0.5, 0.6) is 5.75 Å². The molecule has 2 saturated carbocycles. The Morgan fingerprint density at radius 1 is 1.12 bits per heavy atom. The highest BCUT2D eigenvalue weighted by Crippen LogP contribution is 2.52. The Morgan fingerprint density at radius 2 is 1.72 bits per heavy atom. The van der Waals surface area contributed by atoms with E-state index >= 15 is 0 Å². The molecule has 2 fully saturated rings. The number of nitrogens with zero attached hydrogens (tertiary/aromatic N) is 3. The fourth-order valence-electron chi connectivity index (χ4n) is 7.14. The van der Waals surface area contributed by atoms with Crippen LogP contribution in [0.3, 0.4) is 0 Å².